The predicted molar refractivity (Wildman–Crippen MR) is 132 cm³/mol. The van der Waals surface area contributed by atoms with Gasteiger partial charge >= 0.3 is 6.36 Å². The highest BCUT2D eigenvalue weighted by Gasteiger charge is 2.32. The zero-order valence-electron chi connectivity index (χ0n) is 20.5. The number of benzene rings is 1. The summed E-state index contributed by atoms with van der Waals surface area (Å²) in [4.78, 5) is 9.08. The van der Waals surface area contributed by atoms with Gasteiger partial charge < -0.3 is 14.6 Å². The van der Waals surface area contributed by atoms with E-state index in [1.54, 1.807) is 18.5 Å². The lowest BCUT2D eigenvalue weighted by molar-refractivity contribution is -0.274. The van der Waals surface area contributed by atoms with Crippen LogP contribution >= 0.6 is 0 Å². The van der Waals surface area contributed by atoms with Crippen LogP contribution in [0.5, 0.6) is 5.75 Å². The highest BCUT2D eigenvalue weighted by Crippen LogP contribution is 2.41. The summed E-state index contributed by atoms with van der Waals surface area (Å²) in [5.41, 5.74) is 2.56. The number of unbranched alkanes of at least 4 members (excludes halogenated alkanes) is 1. The first-order valence-electron chi connectivity index (χ1n) is 12.4. The molecule has 2 heterocycles. The van der Waals surface area contributed by atoms with Gasteiger partial charge in [0.25, 0.3) is 0 Å². The average Bonchev–Trinajstić information content (AvgIpc) is 3.50. The van der Waals surface area contributed by atoms with Crippen molar-refractivity contribution in [1.29, 1.82) is 0 Å². The number of rotatable bonds is 9. The van der Waals surface area contributed by atoms with Crippen LogP contribution in [0.25, 0.3) is 22.4 Å². The lowest BCUT2D eigenvalue weighted by Crippen LogP contribution is -2.32. The van der Waals surface area contributed by atoms with E-state index in [0.717, 1.165) is 32.1 Å². The molecule has 0 unspecified atom stereocenters. The molecule has 1 fully saturated rings. The van der Waals surface area contributed by atoms with Gasteiger partial charge in [0.1, 0.15) is 24.8 Å². The topological polar surface area (TPSA) is 52.0 Å². The van der Waals surface area contributed by atoms with E-state index in [1.165, 1.54) is 12.1 Å². The Labute approximate surface area is 212 Å². The maximum Gasteiger partial charge on any atom is 0.573 e. The van der Waals surface area contributed by atoms with Crippen LogP contribution in [-0.2, 0) is 6.54 Å². The van der Waals surface area contributed by atoms with Crippen LogP contribution in [0.1, 0.15) is 62.6 Å². The number of alkyl halides is 5. The van der Waals surface area contributed by atoms with Gasteiger partial charge in [0, 0.05) is 48.4 Å². The van der Waals surface area contributed by atoms with E-state index < -0.39 is 25.8 Å². The zero-order valence-corrected chi connectivity index (χ0v) is 20.5. The van der Waals surface area contributed by atoms with Gasteiger partial charge in [-0.3, -0.25) is 0 Å². The van der Waals surface area contributed by atoms with E-state index in [1.807, 2.05) is 11.5 Å². The summed E-state index contributed by atoms with van der Waals surface area (Å²) in [6.07, 6.45) is 3.66. The summed E-state index contributed by atoms with van der Waals surface area (Å²) in [5, 5.41) is 3.49. The molecule has 5 nitrogen and oxygen atoms in total. The van der Waals surface area contributed by atoms with Crippen LogP contribution < -0.4 is 10.1 Å². The molecule has 10 heteroatoms. The molecular formula is C27H29F5N4O. The number of nitrogens with one attached hydrogen (secondary N) is 1. The van der Waals surface area contributed by atoms with Crippen molar-refractivity contribution in [1.82, 2.24) is 19.9 Å². The molecule has 0 radical (unpaired) electrons. The van der Waals surface area contributed by atoms with E-state index in [0.29, 0.717) is 40.0 Å². The standard InChI is InChI=1S/C27H29F5N4O/c1-2-3-4-9-23-22-11-10-21(37-27(30,31)32)12-24(22)36(20-7-5-6-8-20)25(23)26-34-16-18(17-35-26)15-33-19(13-28)14-29/h10-12,16-17,19-20,33H,2-3,5-8,13-15H2,1H3. The van der Waals surface area contributed by atoms with Crippen molar-refractivity contribution in [2.24, 2.45) is 0 Å². The first-order valence-corrected chi connectivity index (χ1v) is 12.4. The van der Waals surface area contributed by atoms with E-state index in [9.17, 15) is 22.0 Å². The maximum atomic E-state index is 13.0. The molecule has 2 aromatic heterocycles. The summed E-state index contributed by atoms with van der Waals surface area (Å²) in [6.45, 7) is 0.573. The number of hydrogen-bond acceptors (Lipinski definition) is 4. The van der Waals surface area contributed by atoms with E-state index >= 15 is 0 Å². The Morgan fingerprint density at radius 2 is 1.84 bits per heavy atom. The van der Waals surface area contributed by atoms with Gasteiger partial charge in [0.15, 0.2) is 5.82 Å². The van der Waals surface area contributed by atoms with Crippen molar-refractivity contribution in [3.8, 4) is 29.1 Å². The minimum absolute atomic E-state index is 0.0557. The highest BCUT2D eigenvalue weighted by molar-refractivity contribution is 5.95. The van der Waals surface area contributed by atoms with Crippen molar-refractivity contribution in [3.63, 3.8) is 0 Å². The maximum absolute atomic E-state index is 13.0. The second kappa shape index (κ2) is 11.9. The first-order chi connectivity index (χ1) is 17.8. The predicted octanol–water partition coefficient (Wildman–Crippen LogP) is 6.66. The van der Waals surface area contributed by atoms with Crippen molar-refractivity contribution in [2.45, 2.75) is 70.4 Å². The number of ether oxygens (including phenoxy) is 1. The molecule has 4 rings (SSSR count). The quantitative estimate of drug-likeness (QED) is 0.253. The monoisotopic (exact) mass is 520 g/mol. The second-order valence-electron chi connectivity index (χ2n) is 9.11. The molecule has 1 N–H and O–H groups in total. The second-order valence-corrected chi connectivity index (χ2v) is 9.11. The smallest absolute Gasteiger partial charge is 0.406 e. The number of halogens is 5. The molecule has 1 aromatic carbocycles. The highest BCUT2D eigenvalue weighted by atomic mass is 19.4. The molecule has 0 saturated heterocycles. The summed E-state index contributed by atoms with van der Waals surface area (Å²) in [5.74, 6) is 6.47. The van der Waals surface area contributed by atoms with E-state index in [4.69, 9.17) is 0 Å². The van der Waals surface area contributed by atoms with Gasteiger partial charge in [-0.1, -0.05) is 31.6 Å². The van der Waals surface area contributed by atoms with Crippen LogP contribution in [0.4, 0.5) is 22.0 Å². The Bertz CT molecular complexity index is 1250. The van der Waals surface area contributed by atoms with Gasteiger partial charge in [-0.2, -0.15) is 0 Å². The van der Waals surface area contributed by atoms with Crippen molar-refractivity contribution >= 4 is 10.9 Å². The molecule has 0 spiro atoms. The minimum Gasteiger partial charge on any atom is -0.406 e. The van der Waals surface area contributed by atoms with E-state index in [-0.39, 0.29) is 18.3 Å². The lowest BCUT2D eigenvalue weighted by Gasteiger charge is -2.18. The first kappa shape index (κ1) is 26.9. The Kier molecular flexibility index (Phi) is 8.64. The fraction of sp³-hybridized carbons (Fsp3) is 0.481. The third-order valence-corrected chi connectivity index (χ3v) is 6.37. The van der Waals surface area contributed by atoms with Crippen molar-refractivity contribution in [2.75, 3.05) is 13.3 Å². The van der Waals surface area contributed by atoms with Gasteiger partial charge in [0.2, 0.25) is 0 Å². The Morgan fingerprint density at radius 1 is 1.14 bits per heavy atom. The van der Waals surface area contributed by atoms with Gasteiger partial charge in [-0.25, -0.2) is 18.7 Å². The zero-order chi connectivity index (χ0) is 26.4. The molecule has 37 heavy (non-hydrogen) atoms. The molecule has 1 aliphatic rings. The number of hydrogen-bond donors (Lipinski definition) is 1. The number of nitrogens with zero attached hydrogens (tertiary/aromatic N) is 3. The fourth-order valence-electron chi connectivity index (χ4n) is 4.63. The van der Waals surface area contributed by atoms with Crippen LogP contribution in [-0.4, -0.2) is 40.3 Å². The fourth-order valence-corrected chi connectivity index (χ4v) is 4.63. The molecule has 0 atom stereocenters. The molecule has 0 aliphatic heterocycles. The van der Waals surface area contributed by atoms with Gasteiger partial charge in [0.05, 0.1) is 17.1 Å². The van der Waals surface area contributed by atoms with Crippen molar-refractivity contribution < 1.29 is 26.7 Å². The average molecular weight is 521 g/mol. The Hall–Kier alpha value is -3.19. The largest absolute Gasteiger partial charge is 0.573 e. The van der Waals surface area contributed by atoms with Crippen LogP contribution in [0, 0.1) is 11.8 Å². The third-order valence-electron chi connectivity index (χ3n) is 6.37. The molecule has 3 aromatic rings. The van der Waals surface area contributed by atoms with Crippen LogP contribution in [0.15, 0.2) is 30.6 Å². The van der Waals surface area contributed by atoms with Gasteiger partial charge in [-0.05, 0) is 31.4 Å². The normalized spacial score (nSPS) is 14.4. The summed E-state index contributed by atoms with van der Waals surface area (Å²) in [7, 11) is 0. The number of aromatic nitrogens is 3. The SMILES string of the molecule is CCCC#Cc1c(-c2ncc(CNC(CF)CF)cn2)n(C2CCCC2)c2cc(OC(F)(F)F)ccc12. The third kappa shape index (κ3) is 6.39. The lowest BCUT2D eigenvalue weighted by atomic mass is 10.1. The van der Waals surface area contributed by atoms with Gasteiger partial charge in [-0.15, -0.1) is 13.2 Å². The Morgan fingerprint density at radius 3 is 2.46 bits per heavy atom. The molecule has 1 aliphatic carbocycles. The molecule has 198 valence electrons. The summed E-state index contributed by atoms with van der Waals surface area (Å²) < 4.78 is 70.8. The molecule has 0 bridgehead atoms. The molecular weight excluding hydrogens is 491 g/mol. The van der Waals surface area contributed by atoms with Crippen LogP contribution in [0.3, 0.4) is 0 Å². The molecule has 1 saturated carbocycles. The Balaban J connectivity index is 1.84. The summed E-state index contributed by atoms with van der Waals surface area (Å²) >= 11 is 0. The molecule has 0 amide bonds. The van der Waals surface area contributed by atoms with Crippen LogP contribution in [0.2, 0.25) is 0 Å². The minimum atomic E-state index is -4.80. The number of fused-ring (bicyclic) bond motifs is 1. The van der Waals surface area contributed by atoms with Crippen molar-refractivity contribution in [3.05, 3.63) is 41.7 Å². The summed E-state index contributed by atoms with van der Waals surface area (Å²) in [6, 6.07) is 3.47. The van der Waals surface area contributed by atoms with E-state index in [2.05, 4.69) is 31.9 Å².